The first-order chi connectivity index (χ1) is 15.6. The normalized spacial score (nSPS) is 13.3. The zero-order valence-electron chi connectivity index (χ0n) is 18.4. The highest BCUT2D eigenvalue weighted by Crippen LogP contribution is 2.35. The molecule has 2 atom stereocenters. The largest absolute Gasteiger partial charge is 0.496 e. The van der Waals surface area contributed by atoms with Gasteiger partial charge >= 0.3 is 5.97 Å². The second-order valence-corrected chi connectivity index (χ2v) is 8.23. The lowest BCUT2D eigenvalue weighted by atomic mass is 10.0. The Morgan fingerprint density at radius 1 is 1.00 bits per heavy atom. The molecule has 0 bridgehead atoms. The summed E-state index contributed by atoms with van der Waals surface area (Å²) in [5, 5.41) is 20.3. The number of benzene rings is 2. The Hall–Kier alpha value is -3.48. The molecule has 0 aromatic heterocycles. The van der Waals surface area contributed by atoms with E-state index >= 15 is 0 Å². The monoisotopic (exact) mass is 482 g/mol. The standard InChI is InChI=1S/C21H26N2O9S/c1-29-13-10-17(31-3)14(18(11-13)32-4)7-8-33(27,28)23-12-5-6-16(30-2)15(9-12)20(24)19(22)21(25)26/h5-11,19-20,23-24H,22H2,1-4H3,(H,25,26)/b8-7+/t19-,20?/m0/s1. The highest BCUT2D eigenvalue weighted by atomic mass is 32.2. The topological polar surface area (TPSA) is 167 Å². The number of nitrogens with one attached hydrogen (secondary N) is 1. The van der Waals surface area contributed by atoms with Crippen LogP contribution in [0.4, 0.5) is 5.69 Å². The molecule has 2 rings (SSSR count). The Labute approximate surface area is 191 Å². The summed E-state index contributed by atoms with van der Waals surface area (Å²) in [6, 6.07) is 5.52. The van der Waals surface area contributed by atoms with E-state index in [9.17, 15) is 18.3 Å². The van der Waals surface area contributed by atoms with Crippen molar-refractivity contribution in [1.82, 2.24) is 0 Å². The van der Waals surface area contributed by atoms with Crippen LogP contribution in [-0.4, -0.2) is 59.1 Å². The number of aliphatic hydroxyl groups excluding tert-OH is 1. The molecule has 0 aliphatic heterocycles. The van der Waals surface area contributed by atoms with Crippen molar-refractivity contribution in [3.63, 3.8) is 0 Å². The van der Waals surface area contributed by atoms with Crippen molar-refractivity contribution in [3.05, 3.63) is 46.9 Å². The molecule has 1 unspecified atom stereocenters. The van der Waals surface area contributed by atoms with Gasteiger partial charge in [-0.05, 0) is 24.3 Å². The van der Waals surface area contributed by atoms with Gasteiger partial charge in [-0.25, -0.2) is 8.42 Å². The van der Waals surface area contributed by atoms with Gasteiger partial charge in [-0.15, -0.1) is 0 Å². The van der Waals surface area contributed by atoms with Crippen molar-refractivity contribution in [2.75, 3.05) is 33.2 Å². The predicted molar refractivity (Wildman–Crippen MR) is 121 cm³/mol. The predicted octanol–water partition coefficient (Wildman–Crippen LogP) is 1.58. The van der Waals surface area contributed by atoms with E-state index in [2.05, 4.69) is 4.72 Å². The number of sulfonamides is 1. The SMILES string of the molecule is COc1cc(OC)c(/C=C/S(=O)(=O)Nc2ccc(OC)c(C(O)[C@H](N)C(=O)O)c2)c(OC)c1. The molecule has 11 nitrogen and oxygen atoms in total. The van der Waals surface area contributed by atoms with E-state index in [-0.39, 0.29) is 17.0 Å². The van der Waals surface area contributed by atoms with Gasteiger partial charge in [0.1, 0.15) is 35.1 Å². The number of carbonyl (C=O) groups is 1. The van der Waals surface area contributed by atoms with Crippen LogP contribution in [0.3, 0.4) is 0 Å². The van der Waals surface area contributed by atoms with Crippen molar-refractivity contribution in [3.8, 4) is 23.0 Å². The molecular formula is C21H26N2O9S. The summed E-state index contributed by atoms with van der Waals surface area (Å²) >= 11 is 0. The summed E-state index contributed by atoms with van der Waals surface area (Å²) in [5.41, 5.74) is 5.92. The second kappa shape index (κ2) is 10.9. The Morgan fingerprint density at radius 2 is 1.58 bits per heavy atom. The highest BCUT2D eigenvalue weighted by molar-refractivity contribution is 7.95. The third-order valence-corrected chi connectivity index (χ3v) is 5.62. The molecular weight excluding hydrogens is 456 g/mol. The quantitative estimate of drug-likeness (QED) is 0.369. The summed E-state index contributed by atoms with van der Waals surface area (Å²) in [6.07, 6.45) is -0.343. The minimum Gasteiger partial charge on any atom is -0.496 e. The molecule has 0 saturated heterocycles. The first-order valence-corrected chi connectivity index (χ1v) is 11.0. The number of anilines is 1. The fraction of sp³-hybridized carbons (Fsp3) is 0.286. The van der Waals surface area contributed by atoms with Gasteiger partial charge in [0, 0.05) is 23.4 Å². The Balaban J connectivity index is 2.38. The van der Waals surface area contributed by atoms with Crippen molar-refractivity contribution in [2.45, 2.75) is 12.1 Å². The average molecular weight is 483 g/mol. The van der Waals surface area contributed by atoms with Crippen LogP contribution in [0.15, 0.2) is 35.7 Å². The van der Waals surface area contributed by atoms with Crippen LogP contribution in [0.5, 0.6) is 23.0 Å². The van der Waals surface area contributed by atoms with Crippen LogP contribution in [-0.2, 0) is 14.8 Å². The van der Waals surface area contributed by atoms with Crippen LogP contribution in [0.25, 0.3) is 6.08 Å². The number of hydrogen-bond donors (Lipinski definition) is 4. The van der Waals surface area contributed by atoms with Gasteiger partial charge in [0.2, 0.25) is 0 Å². The number of methoxy groups -OCH3 is 4. The van der Waals surface area contributed by atoms with E-state index in [0.29, 0.717) is 22.8 Å². The summed E-state index contributed by atoms with van der Waals surface area (Å²) in [5.74, 6) is -0.165. The molecule has 0 heterocycles. The second-order valence-electron chi connectivity index (χ2n) is 6.66. The zero-order chi connectivity index (χ0) is 24.8. The number of aliphatic carboxylic acids is 1. The molecule has 0 saturated carbocycles. The minimum absolute atomic E-state index is 0.00933. The lowest BCUT2D eigenvalue weighted by Crippen LogP contribution is -2.36. The molecule has 33 heavy (non-hydrogen) atoms. The maximum atomic E-state index is 12.7. The van der Waals surface area contributed by atoms with Crippen LogP contribution in [0.2, 0.25) is 0 Å². The first kappa shape index (κ1) is 25.8. The van der Waals surface area contributed by atoms with Crippen LogP contribution in [0.1, 0.15) is 17.2 Å². The van der Waals surface area contributed by atoms with Crippen LogP contribution < -0.4 is 29.4 Å². The Bertz CT molecular complexity index is 1110. The number of hydrogen-bond acceptors (Lipinski definition) is 9. The van der Waals surface area contributed by atoms with Crippen molar-refractivity contribution < 1.29 is 42.4 Å². The van der Waals surface area contributed by atoms with Gasteiger partial charge in [0.05, 0.1) is 39.4 Å². The maximum Gasteiger partial charge on any atom is 0.323 e. The van der Waals surface area contributed by atoms with Gasteiger partial charge in [-0.3, -0.25) is 9.52 Å². The number of ether oxygens (including phenoxy) is 4. The summed E-state index contributed by atoms with van der Waals surface area (Å²) in [7, 11) is 1.60. The van der Waals surface area contributed by atoms with Gasteiger partial charge in [0.15, 0.2) is 0 Å². The molecule has 5 N–H and O–H groups in total. The van der Waals surface area contributed by atoms with E-state index < -0.39 is 28.1 Å². The number of aliphatic hydroxyl groups is 1. The lowest BCUT2D eigenvalue weighted by molar-refractivity contribution is -0.141. The smallest absolute Gasteiger partial charge is 0.323 e. The van der Waals surface area contributed by atoms with Crippen molar-refractivity contribution >= 4 is 27.8 Å². The third-order valence-electron chi connectivity index (χ3n) is 4.60. The molecule has 180 valence electrons. The highest BCUT2D eigenvalue weighted by Gasteiger charge is 2.27. The minimum atomic E-state index is -4.04. The number of carboxylic acids is 1. The molecule has 0 radical (unpaired) electrons. The van der Waals surface area contributed by atoms with Gasteiger partial charge in [0.25, 0.3) is 10.0 Å². The fourth-order valence-corrected chi connectivity index (χ4v) is 3.75. The van der Waals surface area contributed by atoms with E-state index in [4.69, 9.17) is 29.8 Å². The molecule has 0 spiro atoms. The number of rotatable bonds is 11. The summed E-state index contributed by atoms with van der Waals surface area (Å²) in [4.78, 5) is 11.1. The van der Waals surface area contributed by atoms with Gasteiger partial charge < -0.3 is 34.9 Å². The zero-order valence-corrected chi connectivity index (χ0v) is 19.3. The van der Waals surface area contributed by atoms with Gasteiger partial charge in [-0.1, -0.05) is 0 Å². The van der Waals surface area contributed by atoms with Crippen molar-refractivity contribution in [2.24, 2.45) is 5.73 Å². The van der Waals surface area contributed by atoms with E-state index in [1.807, 2.05) is 0 Å². The van der Waals surface area contributed by atoms with Gasteiger partial charge in [-0.2, -0.15) is 0 Å². The van der Waals surface area contributed by atoms with Crippen LogP contribution >= 0.6 is 0 Å². The molecule has 2 aromatic rings. The average Bonchev–Trinajstić information content (AvgIpc) is 2.80. The van der Waals surface area contributed by atoms with E-state index in [1.54, 1.807) is 12.1 Å². The molecule has 0 amide bonds. The molecule has 0 aliphatic rings. The van der Waals surface area contributed by atoms with E-state index in [0.717, 1.165) is 5.41 Å². The first-order valence-electron chi connectivity index (χ1n) is 9.42. The number of carboxylic acid groups (broad SMARTS) is 1. The molecule has 0 fully saturated rings. The number of nitrogens with two attached hydrogens (primary N) is 1. The molecule has 0 aliphatic carbocycles. The lowest BCUT2D eigenvalue weighted by Gasteiger charge is -2.19. The summed E-state index contributed by atoms with van der Waals surface area (Å²) in [6.45, 7) is 0. The van der Waals surface area contributed by atoms with Crippen molar-refractivity contribution in [1.29, 1.82) is 0 Å². The third kappa shape index (κ3) is 6.28. The van der Waals surface area contributed by atoms with E-state index in [1.165, 1.54) is 52.7 Å². The van der Waals surface area contributed by atoms with Crippen LogP contribution in [0, 0.1) is 0 Å². The fourth-order valence-electron chi connectivity index (χ4n) is 2.91. The Morgan fingerprint density at radius 3 is 2.06 bits per heavy atom. The molecule has 2 aromatic carbocycles. The molecule has 12 heteroatoms. The summed E-state index contributed by atoms with van der Waals surface area (Å²) < 4.78 is 48.5. The maximum absolute atomic E-state index is 12.7. The Kier molecular flexibility index (Phi) is 8.51.